The van der Waals surface area contributed by atoms with Crippen molar-refractivity contribution in [1.82, 2.24) is 15.2 Å². The molecule has 2 aromatic carbocycles. The van der Waals surface area contributed by atoms with Gasteiger partial charge >= 0.3 is 6.03 Å². The predicted octanol–water partition coefficient (Wildman–Crippen LogP) is 2.47. The fourth-order valence-corrected chi connectivity index (χ4v) is 3.71. The van der Waals surface area contributed by atoms with Crippen molar-refractivity contribution in [1.29, 1.82) is 0 Å². The number of aliphatic hydroxyl groups is 1. The molecule has 0 radical (unpaired) electrons. The van der Waals surface area contributed by atoms with E-state index in [9.17, 15) is 24.6 Å². The molecule has 0 aliphatic carbocycles. The van der Waals surface area contributed by atoms with E-state index < -0.39 is 6.10 Å². The van der Waals surface area contributed by atoms with E-state index in [-0.39, 0.29) is 36.5 Å². The lowest BCUT2D eigenvalue weighted by Gasteiger charge is -2.26. The number of hydrogen-bond donors (Lipinski definition) is 5. The smallest absolute Gasteiger partial charge is 0.322 e. The third-order valence-electron chi connectivity index (χ3n) is 5.54. The Hall–Kier alpha value is -3.89. The fourth-order valence-electron chi connectivity index (χ4n) is 3.71. The van der Waals surface area contributed by atoms with Crippen molar-refractivity contribution >= 4 is 29.1 Å². The number of phenolic OH excluding ortho intramolecular Hbond substituents is 1. The molecule has 0 aliphatic rings. The molecular formula is C25H30N4O6. The van der Waals surface area contributed by atoms with Crippen molar-refractivity contribution in [2.45, 2.75) is 32.5 Å². The molecule has 0 spiro atoms. The van der Waals surface area contributed by atoms with Crippen molar-refractivity contribution in [3.8, 4) is 5.75 Å². The van der Waals surface area contributed by atoms with Gasteiger partial charge in [-0.15, -0.1) is 0 Å². The number of ether oxygens (including phenoxy) is 1. The molecule has 10 nitrogen and oxygen atoms in total. The van der Waals surface area contributed by atoms with Crippen LogP contribution < -0.4 is 16.2 Å². The SMILES string of the molecule is CC(C)N(CCOC=O)C(=O)Nc1ccc(CNCC(O)c2ccc(O)c3[nH]c(=O)ccc23)cc1. The van der Waals surface area contributed by atoms with Gasteiger partial charge in [0.15, 0.2) is 0 Å². The monoisotopic (exact) mass is 482 g/mol. The van der Waals surface area contributed by atoms with Gasteiger partial charge in [-0.05, 0) is 49.2 Å². The van der Waals surface area contributed by atoms with Crippen LogP contribution in [0.1, 0.15) is 31.1 Å². The highest BCUT2D eigenvalue weighted by Crippen LogP contribution is 2.28. The number of aromatic amines is 1. The number of anilines is 1. The van der Waals surface area contributed by atoms with Crippen molar-refractivity contribution < 1.29 is 24.5 Å². The first-order valence-electron chi connectivity index (χ1n) is 11.3. The van der Waals surface area contributed by atoms with Crippen LogP contribution in [-0.2, 0) is 16.1 Å². The van der Waals surface area contributed by atoms with Gasteiger partial charge in [-0.25, -0.2) is 4.79 Å². The number of pyridine rings is 1. The maximum Gasteiger partial charge on any atom is 0.322 e. The van der Waals surface area contributed by atoms with Gasteiger partial charge in [0.2, 0.25) is 5.56 Å². The standard InChI is InChI=1S/C25H30N4O6/c1-16(2)29(11-12-35-15-30)25(34)27-18-5-3-17(4-6-18)13-26-14-22(32)19-7-9-21(31)24-20(19)8-10-23(33)28-24/h3-10,15-16,22,26,31-32H,11-14H2,1-2H3,(H,27,34)(H,28,33). The van der Waals surface area contributed by atoms with Crippen LogP contribution in [0.5, 0.6) is 5.75 Å². The summed E-state index contributed by atoms with van der Waals surface area (Å²) in [6, 6.07) is 13.0. The second-order valence-corrected chi connectivity index (χ2v) is 8.31. The summed E-state index contributed by atoms with van der Waals surface area (Å²) in [5.74, 6) is -0.0559. The van der Waals surface area contributed by atoms with E-state index in [1.165, 1.54) is 12.1 Å². The molecule has 0 saturated carbocycles. The van der Waals surface area contributed by atoms with Crippen LogP contribution in [0.25, 0.3) is 10.9 Å². The molecule has 1 heterocycles. The predicted molar refractivity (Wildman–Crippen MR) is 132 cm³/mol. The molecule has 1 aromatic heterocycles. The second kappa shape index (κ2) is 12.0. The number of fused-ring (bicyclic) bond motifs is 1. The van der Waals surface area contributed by atoms with Crippen LogP contribution in [0.4, 0.5) is 10.5 Å². The Balaban J connectivity index is 1.55. The molecule has 1 atom stereocenters. The van der Waals surface area contributed by atoms with E-state index in [4.69, 9.17) is 4.74 Å². The number of carbonyl (C=O) groups is 2. The molecule has 3 aromatic rings. The second-order valence-electron chi connectivity index (χ2n) is 8.31. The summed E-state index contributed by atoms with van der Waals surface area (Å²) in [7, 11) is 0. The van der Waals surface area contributed by atoms with Crippen molar-refractivity contribution in [2.75, 3.05) is 25.0 Å². The normalized spacial score (nSPS) is 11.9. The minimum atomic E-state index is -0.854. The van der Waals surface area contributed by atoms with Gasteiger partial charge in [-0.3, -0.25) is 9.59 Å². The molecule has 3 rings (SSSR count). The number of nitrogens with one attached hydrogen (secondary N) is 3. The first-order chi connectivity index (χ1) is 16.8. The first-order valence-corrected chi connectivity index (χ1v) is 11.3. The van der Waals surface area contributed by atoms with Crippen molar-refractivity contribution in [2.24, 2.45) is 0 Å². The number of H-pyrrole nitrogens is 1. The minimum Gasteiger partial charge on any atom is -0.506 e. The van der Waals surface area contributed by atoms with Gasteiger partial charge in [0.1, 0.15) is 12.4 Å². The van der Waals surface area contributed by atoms with Crippen LogP contribution in [0.3, 0.4) is 0 Å². The number of urea groups is 1. The molecule has 0 fully saturated rings. The Kier molecular flexibility index (Phi) is 8.82. The summed E-state index contributed by atoms with van der Waals surface area (Å²) in [6.45, 7) is 5.27. The fraction of sp³-hybridized carbons (Fsp3) is 0.320. The highest BCUT2D eigenvalue weighted by atomic mass is 16.5. The Morgan fingerprint density at radius 1 is 1.14 bits per heavy atom. The van der Waals surface area contributed by atoms with Gasteiger partial charge in [0.25, 0.3) is 6.47 Å². The zero-order valence-corrected chi connectivity index (χ0v) is 19.7. The van der Waals surface area contributed by atoms with E-state index in [0.29, 0.717) is 41.7 Å². The number of rotatable bonds is 11. The van der Waals surface area contributed by atoms with Crippen molar-refractivity contribution in [3.63, 3.8) is 0 Å². The highest BCUT2D eigenvalue weighted by Gasteiger charge is 2.17. The summed E-state index contributed by atoms with van der Waals surface area (Å²) in [5, 5.41) is 27.3. The molecule has 0 aliphatic heterocycles. The van der Waals surface area contributed by atoms with Crippen LogP contribution in [0, 0.1) is 0 Å². The molecule has 186 valence electrons. The van der Waals surface area contributed by atoms with E-state index in [1.807, 2.05) is 26.0 Å². The Morgan fingerprint density at radius 2 is 1.89 bits per heavy atom. The lowest BCUT2D eigenvalue weighted by molar-refractivity contribution is -0.129. The van der Waals surface area contributed by atoms with E-state index in [1.54, 1.807) is 29.2 Å². The van der Waals surface area contributed by atoms with Crippen LogP contribution in [0.15, 0.2) is 53.3 Å². The van der Waals surface area contributed by atoms with Crippen molar-refractivity contribution in [3.05, 3.63) is 70.0 Å². The number of aromatic nitrogens is 1. The Labute approximate surface area is 202 Å². The van der Waals surface area contributed by atoms with Crippen LogP contribution in [-0.4, -0.2) is 58.3 Å². The number of nitrogens with zero attached hydrogens (tertiary/aromatic N) is 1. The lowest BCUT2D eigenvalue weighted by Crippen LogP contribution is -2.42. The van der Waals surface area contributed by atoms with E-state index in [0.717, 1.165) is 5.56 Å². The number of amides is 2. The number of aliphatic hydroxyl groups excluding tert-OH is 1. The number of benzene rings is 2. The average molecular weight is 483 g/mol. The number of hydrogen-bond acceptors (Lipinski definition) is 7. The molecule has 2 amide bonds. The Morgan fingerprint density at radius 3 is 2.57 bits per heavy atom. The topological polar surface area (TPSA) is 144 Å². The maximum absolute atomic E-state index is 12.5. The molecule has 5 N–H and O–H groups in total. The minimum absolute atomic E-state index is 0.0559. The molecule has 35 heavy (non-hydrogen) atoms. The Bertz CT molecular complexity index is 1210. The number of phenols is 1. The van der Waals surface area contributed by atoms with Crippen LogP contribution >= 0.6 is 0 Å². The third kappa shape index (κ3) is 6.81. The molecule has 10 heteroatoms. The zero-order valence-electron chi connectivity index (χ0n) is 19.7. The van der Waals surface area contributed by atoms with Crippen LogP contribution in [0.2, 0.25) is 0 Å². The van der Waals surface area contributed by atoms with Gasteiger partial charge < -0.3 is 35.5 Å². The van der Waals surface area contributed by atoms with E-state index >= 15 is 0 Å². The summed E-state index contributed by atoms with van der Waals surface area (Å²) in [5.41, 5.74) is 2.13. The van der Waals surface area contributed by atoms with Gasteiger partial charge in [-0.1, -0.05) is 18.2 Å². The quantitative estimate of drug-likeness (QED) is 0.209. The zero-order chi connectivity index (χ0) is 25.4. The number of carbonyl (C=O) groups excluding carboxylic acids is 2. The lowest BCUT2D eigenvalue weighted by atomic mass is 10.0. The summed E-state index contributed by atoms with van der Waals surface area (Å²) in [4.78, 5) is 38.6. The summed E-state index contributed by atoms with van der Waals surface area (Å²) < 4.78 is 4.69. The molecule has 0 saturated heterocycles. The maximum atomic E-state index is 12.5. The third-order valence-corrected chi connectivity index (χ3v) is 5.54. The highest BCUT2D eigenvalue weighted by molar-refractivity contribution is 5.89. The molecular weight excluding hydrogens is 452 g/mol. The first kappa shape index (κ1) is 25.7. The largest absolute Gasteiger partial charge is 0.506 e. The summed E-state index contributed by atoms with van der Waals surface area (Å²) >= 11 is 0. The number of aromatic hydroxyl groups is 1. The van der Waals surface area contributed by atoms with Gasteiger partial charge in [0.05, 0.1) is 18.2 Å². The van der Waals surface area contributed by atoms with E-state index in [2.05, 4.69) is 15.6 Å². The molecule has 1 unspecified atom stereocenters. The summed E-state index contributed by atoms with van der Waals surface area (Å²) in [6.07, 6.45) is -0.854. The average Bonchev–Trinajstić information content (AvgIpc) is 2.83. The van der Waals surface area contributed by atoms with Gasteiger partial charge in [0, 0.05) is 36.3 Å². The van der Waals surface area contributed by atoms with Gasteiger partial charge in [-0.2, -0.15) is 0 Å². The molecule has 0 bridgehead atoms.